The molecule has 30 heavy (non-hydrogen) atoms. The number of hydrogen-bond donors (Lipinski definition) is 2. The van der Waals surface area contributed by atoms with E-state index in [1.807, 2.05) is 0 Å². The van der Waals surface area contributed by atoms with E-state index in [1.165, 1.54) is 12.3 Å². The first kappa shape index (κ1) is 19.4. The number of nitrogens with zero attached hydrogens (tertiary/aromatic N) is 2. The Labute approximate surface area is 166 Å². The first-order valence-electron chi connectivity index (χ1n) is 8.67. The van der Waals surface area contributed by atoms with Crippen LogP contribution in [0.5, 0.6) is 0 Å². The van der Waals surface area contributed by atoms with Crippen LogP contribution in [0.3, 0.4) is 0 Å². The Hall–Kier alpha value is -3.95. The molecule has 0 saturated heterocycles. The molecule has 3 heterocycles. The van der Waals surface area contributed by atoms with Crippen LogP contribution in [0.25, 0.3) is 22.1 Å². The van der Waals surface area contributed by atoms with E-state index < -0.39 is 17.8 Å². The van der Waals surface area contributed by atoms with Crippen LogP contribution >= 0.6 is 0 Å². The second-order valence-corrected chi connectivity index (χ2v) is 6.44. The van der Waals surface area contributed by atoms with E-state index in [9.17, 15) is 22.8 Å². The standard InChI is InChI=1S/C20H13F3N4O3/c1-10-16(19(29)26-11-5-7-24-15(9-11)20(21,22)23)27-30-17(10)13-3-2-4-14-12(13)6-8-25-18(14)28/h2-9H,1H3,(H,25,28)(H,24,26,29). The fourth-order valence-corrected chi connectivity index (χ4v) is 3.07. The van der Waals surface area contributed by atoms with Crippen LogP contribution in [0.1, 0.15) is 21.7 Å². The lowest BCUT2D eigenvalue weighted by atomic mass is 10.0. The van der Waals surface area contributed by atoms with Crippen LogP contribution in [-0.4, -0.2) is 21.0 Å². The van der Waals surface area contributed by atoms with E-state index in [4.69, 9.17) is 4.52 Å². The van der Waals surface area contributed by atoms with Crippen molar-refractivity contribution in [3.05, 3.63) is 76.1 Å². The number of nitrogens with one attached hydrogen (secondary N) is 2. The minimum atomic E-state index is -4.63. The van der Waals surface area contributed by atoms with Crippen molar-refractivity contribution in [3.8, 4) is 11.3 Å². The Kier molecular flexibility index (Phi) is 4.61. The van der Waals surface area contributed by atoms with Gasteiger partial charge in [0, 0.05) is 34.6 Å². The Morgan fingerprint density at radius 3 is 2.73 bits per heavy atom. The summed E-state index contributed by atoms with van der Waals surface area (Å²) in [5, 5.41) is 7.19. The summed E-state index contributed by atoms with van der Waals surface area (Å²) in [5.41, 5.74) is -0.627. The summed E-state index contributed by atoms with van der Waals surface area (Å²) in [6.07, 6.45) is -2.19. The monoisotopic (exact) mass is 414 g/mol. The van der Waals surface area contributed by atoms with Crippen molar-refractivity contribution in [2.75, 3.05) is 5.32 Å². The average Bonchev–Trinajstić information content (AvgIpc) is 3.09. The first-order valence-corrected chi connectivity index (χ1v) is 8.67. The van der Waals surface area contributed by atoms with Gasteiger partial charge in [-0.2, -0.15) is 13.2 Å². The number of H-pyrrole nitrogens is 1. The van der Waals surface area contributed by atoms with Crippen molar-refractivity contribution < 1.29 is 22.5 Å². The normalized spacial score (nSPS) is 11.6. The summed E-state index contributed by atoms with van der Waals surface area (Å²) in [6.45, 7) is 1.60. The van der Waals surface area contributed by atoms with Crippen molar-refractivity contribution in [3.63, 3.8) is 0 Å². The number of carbonyl (C=O) groups excluding carboxylic acids is 1. The highest BCUT2D eigenvalue weighted by atomic mass is 19.4. The van der Waals surface area contributed by atoms with Crippen LogP contribution in [0, 0.1) is 6.92 Å². The molecule has 0 unspecified atom stereocenters. The molecule has 0 spiro atoms. The van der Waals surface area contributed by atoms with E-state index in [0.717, 1.165) is 12.3 Å². The SMILES string of the molecule is Cc1c(C(=O)Nc2ccnc(C(F)(F)F)c2)noc1-c1cccc2c(=O)[nH]ccc12. The van der Waals surface area contributed by atoms with Gasteiger partial charge in [-0.05, 0) is 36.6 Å². The van der Waals surface area contributed by atoms with Crippen LogP contribution in [0.2, 0.25) is 0 Å². The van der Waals surface area contributed by atoms with Crippen molar-refractivity contribution in [2.45, 2.75) is 13.1 Å². The quantitative estimate of drug-likeness (QED) is 0.524. The van der Waals surface area contributed by atoms with E-state index >= 15 is 0 Å². The molecule has 0 saturated carbocycles. The number of hydrogen-bond acceptors (Lipinski definition) is 5. The zero-order chi connectivity index (χ0) is 21.5. The molecule has 0 atom stereocenters. The molecule has 1 aromatic carbocycles. The topological polar surface area (TPSA) is 101 Å². The maximum Gasteiger partial charge on any atom is 0.433 e. The minimum absolute atomic E-state index is 0.0806. The van der Waals surface area contributed by atoms with Gasteiger partial charge in [-0.3, -0.25) is 14.6 Å². The molecular formula is C20H13F3N4O3. The van der Waals surface area contributed by atoms with E-state index in [2.05, 4.69) is 20.4 Å². The summed E-state index contributed by atoms with van der Waals surface area (Å²) in [6, 6.07) is 8.70. The van der Waals surface area contributed by atoms with E-state index in [-0.39, 0.29) is 22.7 Å². The van der Waals surface area contributed by atoms with Gasteiger partial charge < -0.3 is 14.8 Å². The number of carbonyl (C=O) groups is 1. The fraction of sp³-hybridized carbons (Fsp3) is 0.100. The Morgan fingerprint density at radius 1 is 1.17 bits per heavy atom. The molecule has 10 heteroatoms. The van der Waals surface area contributed by atoms with Gasteiger partial charge in [-0.25, -0.2) is 0 Å². The highest BCUT2D eigenvalue weighted by Gasteiger charge is 2.32. The zero-order valence-corrected chi connectivity index (χ0v) is 15.4. The molecule has 152 valence electrons. The summed E-state index contributed by atoms with van der Waals surface area (Å²) in [7, 11) is 0. The molecule has 2 N–H and O–H groups in total. The number of alkyl halides is 3. The second-order valence-electron chi connectivity index (χ2n) is 6.44. The van der Waals surface area contributed by atoms with Gasteiger partial charge in [-0.1, -0.05) is 17.3 Å². The fourth-order valence-electron chi connectivity index (χ4n) is 3.07. The van der Waals surface area contributed by atoms with Gasteiger partial charge in [0.05, 0.1) is 0 Å². The maximum atomic E-state index is 12.8. The van der Waals surface area contributed by atoms with Gasteiger partial charge in [0.15, 0.2) is 11.5 Å². The molecule has 4 aromatic rings. The smallest absolute Gasteiger partial charge is 0.355 e. The summed E-state index contributed by atoms with van der Waals surface area (Å²) < 4.78 is 43.8. The number of aromatic nitrogens is 3. The third-order valence-corrected chi connectivity index (χ3v) is 4.51. The van der Waals surface area contributed by atoms with Gasteiger partial charge in [0.1, 0.15) is 5.69 Å². The number of rotatable bonds is 3. The van der Waals surface area contributed by atoms with Crippen LogP contribution in [-0.2, 0) is 6.18 Å². The first-order chi connectivity index (χ1) is 14.3. The summed E-state index contributed by atoms with van der Waals surface area (Å²) in [4.78, 5) is 30.4. The third-order valence-electron chi connectivity index (χ3n) is 4.51. The molecule has 0 bridgehead atoms. The second kappa shape index (κ2) is 7.14. The highest BCUT2D eigenvalue weighted by molar-refractivity contribution is 6.05. The van der Waals surface area contributed by atoms with E-state index in [0.29, 0.717) is 21.9 Å². The predicted octanol–water partition coefficient (Wildman–Crippen LogP) is 4.16. The molecule has 0 aliphatic heterocycles. The lowest BCUT2D eigenvalue weighted by Crippen LogP contribution is -2.15. The third kappa shape index (κ3) is 3.43. The van der Waals surface area contributed by atoms with Crippen molar-refractivity contribution >= 4 is 22.4 Å². The molecule has 0 fully saturated rings. The number of aromatic amines is 1. The molecule has 0 aliphatic carbocycles. The van der Waals surface area contributed by atoms with Crippen LogP contribution in [0.4, 0.5) is 18.9 Å². The largest absolute Gasteiger partial charge is 0.433 e. The minimum Gasteiger partial charge on any atom is -0.355 e. The molecule has 7 nitrogen and oxygen atoms in total. The number of benzene rings is 1. The molecule has 1 amide bonds. The number of pyridine rings is 2. The lowest BCUT2D eigenvalue weighted by molar-refractivity contribution is -0.141. The number of halogens is 3. The Morgan fingerprint density at radius 2 is 1.97 bits per heavy atom. The Bertz CT molecular complexity index is 1320. The molecule has 0 radical (unpaired) electrons. The molecule has 4 rings (SSSR count). The van der Waals surface area contributed by atoms with Gasteiger partial charge in [0.2, 0.25) is 0 Å². The highest BCUT2D eigenvalue weighted by Crippen LogP contribution is 2.32. The number of amides is 1. The van der Waals surface area contributed by atoms with Crippen molar-refractivity contribution in [1.29, 1.82) is 0 Å². The van der Waals surface area contributed by atoms with Gasteiger partial charge in [-0.15, -0.1) is 0 Å². The number of fused-ring (bicyclic) bond motifs is 1. The predicted molar refractivity (Wildman–Crippen MR) is 102 cm³/mol. The van der Waals surface area contributed by atoms with Crippen molar-refractivity contribution in [2.24, 2.45) is 0 Å². The van der Waals surface area contributed by atoms with Crippen LogP contribution in [0.15, 0.2) is 58.1 Å². The van der Waals surface area contributed by atoms with Crippen molar-refractivity contribution in [1.82, 2.24) is 15.1 Å². The van der Waals surface area contributed by atoms with Crippen LogP contribution < -0.4 is 10.9 Å². The Balaban J connectivity index is 1.69. The van der Waals surface area contributed by atoms with E-state index in [1.54, 1.807) is 31.2 Å². The van der Waals surface area contributed by atoms with Gasteiger partial charge >= 0.3 is 6.18 Å². The average molecular weight is 414 g/mol. The number of anilines is 1. The summed E-state index contributed by atoms with van der Waals surface area (Å²) in [5.74, 6) is -0.457. The van der Waals surface area contributed by atoms with Gasteiger partial charge in [0.25, 0.3) is 11.5 Å². The zero-order valence-electron chi connectivity index (χ0n) is 15.4. The molecule has 0 aliphatic rings. The molecule has 3 aromatic heterocycles. The molecular weight excluding hydrogens is 401 g/mol. The maximum absolute atomic E-state index is 12.8. The lowest BCUT2D eigenvalue weighted by Gasteiger charge is -2.08. The summed E-state index contributed by atoms with van der Waals surface area (Å²) >= 11 is 0.